The largest absolute Gasteiger partial charge is 0.212 e. The maximum absolute atomic E-state index is 4.42. The number of aromatic nitrogens is 3. The molecule has 0 saturated heterocycles. The predicted octanol–water partition coefficient (Wildman–Crippen LogP) is 2.67. The van der Waals surface area contributed by atoms with Crippen molar-refractivity contribution in [3.05, 3.63) is 27.6 Å². The summed E-state index contributed by atoms with van der Waals surface area (Å²) >= 11 is 3.53. The minimum absolute atomic E-state index is 0.867. The van der Waals surface area contributed by atoms with Gasteiger partial charge in [0.25, 0.3) is 0 Å². The van der Waals surface area contributed by atoms with Crippen LogP contribution in [-0.4, -0.2) is 14.6 Å². The van der Waals surface area contributed by atoms with Gasteiger partial charge < -0.3 is 0 Å². The van der Waals surface area contributed by atoms with Crippen molar-refractivity contribution in [2.75, 3.05) is 0 Å². The SMILES string of the molecule is CCc1nc2cc(C)c(C)c(Br)n2n1. The third-order valence-corrected chi connectivity index (χ3v) is 3.36. The highest BCUT2D eigenvalue weighted by atomic mass is 79.9. The first-order valence-corrected chi connectivity index (χ1v) is 5.44. The molecule has 0 radical (unpaired) electrons. The van der Waals surface area contributed by atoms with Crippen LogP contribution in [0.15, 0.2) is 10.7 Å². The number of hydrogen-bond donors (Lipinski definition) is 0. The predicted molar refractivity (Wildman–Crippen MR) is 59.5 cm³/mol. The van der Waals surface area contributed by atoms with Crippen LogP contribution >= 0.6 is 15.9 Å². The molecule has 2 heterocycles. The lowest BCUT2D eigenvalue weighted by molar-refractivity contribution is 0.863. The normalized spacial score (nSPS) is 11.1. The van der Waals surface area contributed by atoms with Gasteiger partial charge in [0, 0.05) is 6.42 Å². The van der Waals surface area contributed by atoms with E-state index in [9.17, 15) is 0 Å². The Morgan fingerprint density at radius 2 is 2.14 bits per heavy atom. The minimum Gasteiger partial charge on any atom is -0.212 e. The highest BCUT2D eigenvalue weighted by molar-refractivity contribution is 9.10. The zero-order chi connectivity index (χ0) is 10.3. The molecule has 2 aromatic heterocycles. The molecule has 0 aliphatic rings. The van der Waals surface area contributed by atoms with Crippen LogP contribution in [0, 0.1) is 13.8 Å². The molecule has 0 N–H and O–H groups in total. The Labute approximate surface area is 91.3 Å². The molecule has 0 unspecified atom stereocenters. The van der Waals surface area contributed by atoms with Crippen molar-refractivity contribution in [1.82, 2.24) is 14.6 Å². The maximum atomic E-state index is 4.42. The van der Waals surface area contributed by atoms with Crippen LogP contribution in [0.2, 0.25) is 0 Å². The van der Waals surface area contributed by atoms with Crippen molar-refractivity contribution in [2.45, 2.75) is 27.2 Å². The number of rotatable bonds is 1. The average molecular weight is 254 g/mol. The van der Waals surface area contributed by atoms with E-state index in [0.29, 0.717) is 0 Å². The van der Waals surface area contributed by atoms with Crippen molar-refractivity contribution in [2.24, 2.45) is 0 Å². The van der Waals surface area contributed by atoms with E-state index in [1.165, 1.54) is 11.1 Å². The minimum atomic E-state index is 0.867. The van der Waals surface area contributed by atoms with Crippen molar-refractivity contribution in [1.29, 1.82) is 0 Å². The Kier molecular flexibility index (Phi) is 2.31. The number of halogens is 1. The smallest absolute Gasteiger partial charge is 0.157 e. The molecule has 0 fully saturated rings. The van der Waals surface area contributed by atoms with E-state index in [0.717, 1.165) is 22.5 Å². The van der Waals surface area contributed by atoms with Crippen LogP contribution < -0.4 is 0 Å². The first-order chi connectivity index (χ1) is 6.63. The summed E-state index contributed by atoms with van der Waals surface area (Å²) in [5, 5.41) is 4.39. The van der Waals surface area contributed by atoms with E-state index < -0.39 is 0 Å². The van der Waals surface area contributed by atoms with Gasteiger partial charge in [0.1, 0.15) is 4.60 Å². The zero-order valence-corrected chi connectivity index (χ0v) is 10.1. The molecule has 0 amide bonds. The van der Waals surface area contributed by atoms with Crippen LogP contribution in [0.3, 0.4) is 0 Å². The first kappa shape index (κ1) is 9.65. The van der Waals surface area contributed by atoms with Crippen LogP contribution in [0.25, 0.3) is 5.65 Å². The topological polar surface area (TPSA) is 30.2 Å². The zero-order valence-electron chi connectivity index (χ0n) is 8.50. The fraction of sp³-hybridized carbons (Fsp3) is 0.400. The summed E-state index contributed by atoms with van der Waals surface area (Å²) in [6.45, 7) is 6.22. The molecule has 0 bridgehead atoms. The summed E-state index contributed by atoms with van der Waals surface area (Å²) in [5.74, 6) is 0.885. The molecular formula is C10H12BrN3. The van der Waals surface area contributed by atoms with E-state index in [1.807, 2.05) is 4.52 Å². The van der Waals surface area contributed by atoms with Crippen molar-refractivity contribution >= 4 is 21.6 Å². The lowest BCUT2D eigenvalue weighted by atomic mass is 10.2. The van der Waals surface area contributed by atoms with Crippen molar-refractivity contribution in [3.8, 4) is 0 Å². The standard InChI is InChI=1S/C10H12BrN3/c1-4-8-12-9-5-6(2)7(3)10(11)14(9)13-8/h5H,4H2,1-3H3. The van der Waals surface area contributed by atoms with Gasteiger partial charge in [-0.25, -0.2) is 9.50 Å². The van der Waals surface area contributed by atoms with Crippen LogP contribution in [0.4, 0.5) is 0 Å². The van der Waals surface area contributed by atoms with Gasteiger partial charge in [-0.3, -0.25) is 0 Å². The number of hydrogen-bond acceptors (Lipinski definition) is 2. The monoisotopic (exact) mass is 253 g/mol. The quantitative estimate of drug-likeness (QED) is 0.732. The Morgan fingerprint density at radius 1 is 1.43 bits per heavy atom. The molecule has 0 atom stereocenters. The maximum Gasteiger partial charge on any atom is 0.157 e. The average Bonchev–Trinajstić information content (AvgIpc) is 2.57. The number of nitrogens with zero attached hydrogens (tertiary/aromatic N) is 3. The summed E-state index contributed by atoms with van der Waals surface area (Å²) in [6, 6.07) is 2.06. The molecule has 0 saturated carbocycles. The van der Waals surface area contributed by atoms with Gasteiger partial charge in [-0.15, -0.1) is 0 Å². The number of pyridine rings is 1. The summed E-state index contributed by atoms with van der Waals surface area (Å²) in [7, 11) is 0. The van der Waals surface area contributed by atoms with Crippen molar-refractivity contribution < 1.29 is 0 Å². The first-order valence-electron chi connectivity index (χ1n) is 4.65. The van der Waals surface area contributed by atoms with E-state index in [4.69, 9.17) is 0 Å². The van der Waals surface area contributed by atoms with Gasteiger partial charge >= 0.3 is 0 Å². The molecule has 0 aliphatic heterocycles. The summed E-state index contributed by atoms with van der Waals surface area (Å²) in [5.41, 5.74) is 3.36. The van der Waals surface area contributed by atoms with E-state index in [-0.39, 0.29) is 0 Å². The van der Waals surface area contributed by atoms with Crippen LogP contribution in [-0.2, 0) is 6.42 Å². The fourth-order valence-corrected chi connectivity index (χ4v) is 1.95. The number of aryl methyl sites for hydroxylation is 2. The summed E-state index contributed by atoms with van der Waals surface area (Å²) < 4.78 is 2.85. The molecule has 4 heteroatoms. The van der Waals surface area contributed by atoms with Crippen LogP contribution in [0.5, 0.6) is 0 Å². The van der Waals surface area contributed by atoms with E-state index in [1.54, 1.807) is 0 Å². The molecule has 2 aromatic rings. The molecular weight excluding hydrogens is 242 g/mol. The van der Waals surface area contributed by atoms with E-state index in [2.05, 4.69) is 52.9 Å². The Morgan fingerprint density at radius 3 is 2.79 bits per heavy atom. The second-order valence-corrected chi connectivity index (χ2v) is 4.15. The molecule has 2 rings (SSSR count). The molecule has 74 valence electrons. The molecule has 0 aromatic carbocycles. The second-order valence-electron chi connectivity index (χ2n) is 3.39. The highest BCUT2D eigenvalue weighted by Crippen LogP contribution is 2.21. The Balaban J connectivity index is 2.81. The number of fused-ring (bicyclic) bond motifs is 1. The van der Waals surface area contributed by atoms with Gasteiger partial charge in [0.15, 0.2) is 11.5 Å². The summed E-state index contributed by atoms with van der Waals surface area (Å²) in [6.07, 6.45) is 0.867. The molecule has 14 heavy (non-hydrogen) atoms. The van der Waals surface area contributed by atoms with E-state index >= 15 is 0 Å². The second kappa shape index (κ2) is 3.35. The molecule has 3 nitrogen and oxygen atoms in total. The lowest BCUT2D eigenvalue weighted by Gasteiger charge is -2.03. The van der Waals surface area contributed by atoms with Crippen LogP contribution in [0.1, 0.15) is 23.9 Å². The fourth-order valence-electron chi connectivity index (χ4n) is 1.38. The highest BCUT2D eigenvalue weighted by Gasteiger charge is 2.08. The molecule has 0 aliphatic carbocycles. The molecule has 0 spiro atoms. The van der Waals surface area contributed by atoms with Gasteiger partial charge in [-0.1, -0.05) is 6.92 Å². The van der Waals surface area contributed by atoms with Gasteiger partial charge in [0.05, 0.1) is 0 Å². The van der Waals surface area contributed by atoms with Gasteiger partial charge in [0.2, 0.25) is 0 Å². The third-order valence-electron chi connectivity index (χ3n) is 2.42. The Hall–Kier alpha value is -0.900. The lowest BCUT2D eigenvalue weighted by Crippen LogP contribution is -1.95. The Bertz CT molecular complexity index is 488. The van der Waals surface area contributed by atoms with Gasteiger partial charge in [-0.2, -0.15) is 5.10 Å². The van der Waals surface area contributed by atoms with Gasteiger partial charge in [-0.05, 0) is 47.0 Å². The summed E-state index contributed by atoms with van der Waals surface area (Å²) in [4.78, 5) is 4.42. The third kappa shape index (κ3) is 1.34. The van der Waals surface area contributed by atoms with Crippen molar-refractivity contribution in [3.63, 3.8) is 0 Å².